The summed E-state index contributed by atoms with van der Waals surface area (Å²) in [5.74, 6) is -4.81. The molecule has 1 saturated carbocycles. The van der Waals surface area contributed by atoms with E-state index in [4.69, 9.17) is 0 Å². The monoisotopic (exact) mass is 418 g/mol. The summed E-state index contributed by atoms with van der Waals surface area (Å²) in [6, 6.07) is 3.59. The first-order valence-electron chi connectivity index (χ1n) is 9.91. The summed E-state index contributed by atoms with van der Waals surface area (Å²) in [5.41, 5.74) is 0.0534. The van der Waals surface area contributed by atoms with Crippen molar-refractivity contribution < 1.29 is 28.0 Å². The smallest absolute Gasteiger partial charge is 0.262 e. The van der Waals surface area contributed by atoms with Gasteiger partial charge in [-0.05, 0) is 31.0 Å². The van der Waals surface area contributed by atoms with E-state index in [1.54, 1.807) is 6.07 Å². The van der Waals surface area contributed by atoms with Gasteiger partial charge in [0.05, 0.1) is 16.5 Å². The molecule has 0 radical (unpaired) electrons. The van der Waals surface area contributed by atoms with Crippen molar-refractivity contribution in [2.24, 2.45) is 5.41 Å². The molecule has 158 valence electrons. The molecule has 4 amide bonds. The first kappa shape index (κ1) is 19.1. The third-order valence-corrected chi connectivity index (χ3v) is 6.57. The van der Waals surface area contributed by atoms with E-state index in [1.807, 2.05) is 0 Å². The topological polar surface area (TPSA) is 108 Å². The number of piperidine rings is 1. The summed E-state index contributed by atoms with van der Waals surface area (Å²) in [5, 5.41) is 8.42. The van der Waals surface area contributed by atoms with Gasteiger partial charge >= 0.3 is 0 Å². The second kappa shape index (κ2) is 6.31. The van der Waals surface area contributed by atoms with Gasteiger partial charge < -0.3 is 10.6 Å². The lowest BCUT2D eigenvalue weighted by molar-refractivity contribution is -0.136. The van der Waals surface area contributed by atoms with Gasteiger partial charge in [-0.15, -0.1) is 0 Å². The summed E-state index contributed by atoms with van der Waals surface area (Å²) in [7, 11) is 0. The van der Waals surface area contributed by atoms with Crippen molar-refractivity contribution in [1.29, 1.82) is 0 Å². The van der Waals surface area contributed by atoms with Crippen LogP contribution in [-0.4, -0.2) is 59.6 Å². The Balaban J connectivity index is 1.27. The van der Waals surface area contributed by atoms with Crippen LogP contribution in [-0.2, 0) is 9.59 Å². The van der Waals surface area contributed by atoms with E-state index in [2.05, 4.69) is 16.0 Å². The van der Waals surface area contributed by atoms with Crippen molar-refractivity contribution in [3.05, 3.63) is 29.3 Å². The molecule has 1 aromatic carbocycles. The molecule has 1 spiro atoms. The van der Waals surface area contributed by atoms with Gasteiger partial charge in [-0.3, -0.25) is 29.4 Å². The van der Waals surface area contributed by atoms with Crippen LogP contribution in [0.2, 0.25) is 0 Å². The second-order valence-electron chi connectivity index (χ2n) is 8.53. The van der Waals surface area contributed by atoms with E-state index < -0.39 is 41.0 Å². The SMILES string of the molecule is O=C1CCC(N2C(=O)c3ccc(NCC4CC5(CN4)CC5(F)F)cc3C2=O)C(=O)N1. The number of anilines is 1. The first-order valence-corrected chi connectivity index (χ1v) is 9.91. The van der Waals surface area contributed by atoms with E-state index in [0.717, 1.165) is 4.90 Å². The highest BCUT2D eigenvalue weighted by atomic mass is 19.3. The number of carbonyl (C=O) groups excluding carboxylic acids is 4. The van der Waals surface area contributed by atoms with Crippen molar-refractivity contribution in [3.8, 4) is 0 Å². The maximum absolute atomic E-state index is 13.5. The van der Waals surface area contributed by atoms with Crippen molar-refractivity contribution in [2.45, 2.75) is 43.7 Å². The zero-order valence-corrected chi connectivity index (χ0v) is 16.0. The molecule has 5 rings (SSSR count). The minimum absolute atomic E-state index is 0.0611. The summed E-state index contributed by atoms with van der Waals surface area (Å²) < 4.78 is 27.0. The normalized spacial score (nSPS) is 31.9. The number of halogens is 2. The quantitative estimate of drug-likeness (QED) is 0.627. The minimum atomic E-state index is -2.59. The largest absolute Gasteiger partial charge is 0.383 e. The van der Waals surface area contributed by atoms with Crippen LogP contribution in [0.3, 0.4) is 0 Å². The fraction of sp³-hybridized carbons (Fsp3) is 0.500. The highest BCUT2D eigenvalue weighted by Gasteiger charge is 2.72. The first-order chi connectivity index (χ1) is 14.2. The van der Waals surface area contributed by atoms with E-state index in [9.17, 15) is 28.0 Å². The van der Waals surface area contributed by atoms with Crippen LogP contribution in [0, 0.1) is 5.41 Å². The van der Waals surface area contributed by atoms with Gasteiger partial charge in [0.25, 0.3) is 17.7 Å². The summed E-state index contributed by atoms with van der Waals surface area (Å²) in [6.45, 7) is 0.708. The molecule has 4 aliphatic rings. The standard InChI is InChI=1S/C20H20F2N4O4/c21-20(22)8-19(20)6-11(24-9-19)7-23-10-1-2-12-13(5-10)18(30)26(17(12)29)14-3-4-15(27)25-16(14)28/h1-2,5,11,14,23-24H,3-4,6-9H2,(H,25,27,28). The van der Waals surface area contributed by atoms with E-state index >= 15 is 0 Å². The van der Waals surface area contributed by atoms with E-state index in [-0.39, 0.29) is 36.4 Å². The Labute approximate surface area is 170 Å². The van der Waals surface area contributed by atoms with E-state index in [1.165, 1.54) is 12.1 Å². The molecule has 1 aromatic rings. The number of rotatable bonds is 4. The molecule has 0 aromatic heterocycles. The number of nitrogens with one attached hydrogen (secondary N) is 3. The van der Waals surface area contributed by atoms with Gasteiger partial charge in [0.2, 0.25) is 11.8 Å². The highest BCUT2D eigenvalue weighted by molar-refractivity contribution is 6.23. The molecule has 3 unspecified atom stereocenters. The fourth-order valence-corrected chi connectivity index (χ4v) is 4.72. The van der Waals surface area contributed by atoms with Gasteiger partial charge in [-0.2, -0.15) is 0 Å². The van der Waals surface area contributed by atoms with Crippen molar-refractivity contribution >= 4 is 29.3 Å². The molecule has 8 nitrogen and oxygen atoms in total. The molecular formula is C20H20F2N4O4. The van der Waals surface area contributed by atoms with Gasteiger partial charge in [0, 0.05) is 37.7 Å². The maximum Gasteiger partial charge on any atom is 0.262 e. The van der Waals surface area contributed by atoms with Crippen LogP contribution >= 0.6 is 0 Å². The zero-order valence-electron chi connectivity index (χ0n) is 16.0. The Morgan fingerprint density at radius 2 is 1.87 bits per heavy atom. The van der Waals surface area contributed by atoms with Crippen LogP contribution in [0.1, 0.15) is 46.4 Å². The van der Waals surface area contributed by atoms with E-state index in [0.29, 0.717) is 25.2 Å². The highest BCUT2D eigenvalue weighted by Crippen LogP contribution is 2.64. The Kier molecular flexibility index (Phi) is 4.02. The lowest BCUT2D eigenvalue weighted by atomic mass is 10.0. The van der Waals surface area contributed by atoms with Crippen molar-refractivity contribution in [3.63, 3.8) is 0 Å². The molecule has 3 N–H and O–H groups in total. The molecule has 3 atom stereocenters. The van der Waals surface area contributed by atoms with Crippen molar-refractivity contribution in [2.75, 3.05) is 18.4 Å². The lowest BCUT2D eigenvalue weighted by Gasteiger charge is -2.27. The Hall–Kier alpha value is -2.88. The van der Waals surface area contributed by atoms with Crippen LogP contribution in [0.5, 0.6) is 0 Å². The third kappa shape index (κ3) is 2.81. The van der Waals surface area contributed by atoms with Crippen molar-refractivity contribution in [1.82, 2.24) is 15.5 Å². The molecule has 2 saturated heterocycles. The van der Waals surface area contributed by atoms with Crippen LogP contribution < -0.4 is 16.0 Å². The Bertz CT molecular complexity index is 997. The molecule has 3 aliphatic heterocycles. The fourth-order valence-electron chi connectivity index (χ4n) is 4.72. The average Bonchev–Trinajstić information content (AvgIpc) is 2.96. The van der Waals surface area contributed by atoms with Gasteiger partial charge in [0.1, 0.15) is 6.04 Å². The number of carbonyl (C=O) groups is 4. The van der Waals surface area contributed by atoms with Crippen LogP contribution in [0.25, 0.3) is 0 Å². The summed E-state index contributed by atoms with van der Waals surface area (Å²) in [6.07, 6.45) is 0.473. The molecule has 3 heterocycles. The predicted molar refractivity (Wildman–Crippen MR) is 100 cm³/mol. The number of amides is 4. The van der Waals surface area contributed by atoms with Gasteiger partial charge in [-0.1, -0.05) is 0 Å². The Morgan fingerprint density at radius 1 is 1.13 bits per heavy atom. The number of hydrogen-bond donors (Lipinski definition) is 3. The summed E-state index contributed by atoms with van der Waals surface area (Å²) >= 11 is 0. The summed E-state index contributed by atoms with van der Waals surface area (Å²) in [4.78, 5) is 49.9. The van der Waals surface area contributed by atoms with Crippen LogP contribution in [0.15, 0.2) is 18.2 Å². The molecule has 0 bridgehead atoms. The number of nitrogens with zero attached hydrogens (tertiary/aromatic N) is 1. The molecule has 10 heteroatoms. The number of fused-ring (bicyclic) bond motifs is 1. The predicted octanol–water partition coefficient (Wildman–Crippen LogP) is 0.887. The number of alkyl halides is 2. The van der Waals surface area contributed by atoms with Gasteiger partial charge in [-0.25, -0.2) is 8.78 Å². The third-order valence-electron chi connectivity index (χ3n) is 6.57. The maximum atomic E-state index is 13.5. The minimum Gasteiger partial charge on any atom is -0.383 e. The molecular weight excluding hydrogens is 398 g/mol. The number of benzene rings is 1. The Morgan fingerprint density at radius 3 is 2.53 bits per heavy atom. The molecule has 3 fully saturated rings. The second-order valence-corrected chi connectivity index (χ2v) is 8.53. The van der Waals surface area contributed by atoms with Gasteiger partial charge in [0.15, 0.2) is 0 Å². The van der Waals surface area contributed by atoms with Crippen LogP contribution in [0.4, 0.5) is 14.5 Å². The average molecular weight is 418 g/mol. The molecule has 30 heavy (non-hydrogen) atoms. The zero-order chi connectivity index (χ0) is 21.3. The molecule has 1 aliphatic carbocycles. The lowest BCUT2D eigenvalue weighted by Crippen LogP contribution is -2.54. The number of hydrogen-bond acceptors (Lipinski definition) is 6. The number of imide groups is 2.